The summed E-state index contributed by atoms with van der Waals surface area (Å²) in [6.07, 6.45) is 0.262. The molecule has 0 heterocycles. The number of hydrogen-bond donors (Lipinski definition) is 1. The lowest BCUT2D eigenvalue weighted by Gasteiger charge is -2.40. The van der Waals surface area contributed by atoms with Gasteiger partial charge in [0.2, 0.25) is 0 Å². The van der Waals surface area contributed by atoms with Crippen molar-refractivity contribution in [1.29, 1.82) is 0 Å². The van der Waals surface area contributed by atoms with Crippen molar-refractivity contribution in [2.24, 2.45) is 0 Å². The molecule has 1 N–H and O–H groups in total. The first-order valence-electron chi connectivity index (χ1n) is 6.35. The number of aliphatic hydroxyl groups is 1. The second-order valence-corrected chi connectivity index (χ2v) is 4.68. The summed E-state index contributed by atoms with van der Waals surface area (Å²) in [6.45, 7) is 4.28. The first kappa shape index (κ1) is 13.3. The van der Waals surface area contributed by atoms with Crippen molar-refractivity contribution in [3.63, 3.8) is 0 Å². The molecule has 18 heavy (non-hydrogen) atoms. The number of hydrogen-bond acceptors (Lipinski definition) is 3. The highest BCUT2D eigenvalue weighted by Crippen LogP contribution is 2.31. The van der Waals surface area contributed by atoms with E-state index in [2.05, 4.69) is 0 Å². The molecule has 100 valence electrons. The van der Waals surface area contributed by atoms with Crippen molar-refractivity contribution in [1.82, 2.24) is 0 Å². The summed E-state index contributed by atoms with van der Waals surface area (Å²) in [7, 11) is 0. The highest BCUT2D eigenvalue weighted by molar-refractivity contribution is 5.30. The zero-order chi connectivity index (χ0) is 13.1. The van der Waals surface area contributed by atoms with Crippen LogP contribution in [-0.2, 0) is 4.74 Å². The van der Waals surface area contributed by atoms with Crippen molar-refractivity contribution in [3.8, 4) is 5.75 Å². The zero-order valence-corrected chi connectivity index (χ0v) is 10.7. The Morgan fingerprint density at radius 3 is 2.89 bits per heavy atom. The number of aliphatic hydroxyl groups excluding tert-OH is 1. The summed E-state index contributed by atoms with van der Waals surface area (Å²) in [5.41, 5.74) is 0.554. The van der Waals surface area contributed by atoms with Crippen LogP contribution in [0.25, 0.3) is 0 Å². The maximum absolute atomic E-state index is 13.8. The smallest absolute Gasteiger partial charge is 0.167 e. The fourth-order valence-electron chi connectivity index (χ4n) is 2.02. The van der Waals surface area contributed by atoms with E-state index in [-0.39, 0.29) is 23.8 Å². The van der Waals surface area contributed by atoms with Crippen molar-refractivity contribution in [2.75, 3.05) is 6.61 Å². The van der Waals surface area contributed by atoms with Crippen molar-refractivity contribution >= 4 is 0 Å². The van der Waals surface area contributed by atoms with Crippen molar-refractivity contribution < 1.29 is 19.0 Å². The molecule has 0 saturated heterocycles. The molecule has 3 atom stereocenters. The van der Waals surface area contributed by atoms with E-state index in [0.29, 0.717) is 18.6 Å². The molecule has 0 amide bonds. The van der Waals surface area contributed by atoms with Gasteiger partial charge >= 0.3 is 0 Å². The van der Waals surface area contributed by atoms with Crippen molar-refractivity contribution in [2.45, 2.75) is 45.0 Å². The lowest BCUT2D eigenvalue weighted by Crippen LogP contribution is -2.55. The number of halogens is 1. The maximum atomic E-state index is 13.8. The highest BCUT2D eigenvalue weighted by Gasteiger charge is 2.43. The van der Waals surface area contributed by atoms with E-state index in [9.17, 15) is 9.50 Å². The summed E-state index contributed by atoms with van der Waals surface area (Å²) >= 11 is 0. The van der Waals surface area contributed by atoms with Crippen LogP contribution in [0.15, 0.2) is 18.2 Å². The number of rotatable bonds is 5. The fourth-order valence-corrected chi connectivity index (χ4v) is 2.02. The lowest BCUT2D eigenvalue weighted by molar-refractivity contribution is -0.163. The quantitative estimate of drug-likeness (QED) is 0.877. The van der Waals surface area contributed by atoms with Gasteiger partial charge in [-0.2, -0.15) is 0 Å². The molecule has 0 spiro atoms. The van der Waals surface area contributed by atoms with Crippen molar-refractivity contribution in [3.05, 3.63) is 29.6 Å². The van der Waals surface area contributed by atoms with Gasteiger partial charge in [0.05, 0.1) is 6.10 Å². The van der Waals surface area contributed by atoms with Crippen LogP contribution in [0.1, 0.15) is 25.3 Å². The predicted octanol–water partition coefficient (Wildman–Crippen LogP) is 2.44. The summed E-state index contributed by atoms with van der Waals surface area (Å²) in [6, 6.07) is 5.05. The molecular formula is C14H19FO3. The van der Waals surface area contributed by atoms with Crippen LogP contribution in [0.5, 0.6) is 5.75 Å². The van der Waals surface area contributed by atoms with Gasteiger partial charge < -0.3 is 14.6 Å². The number of benzene rings is 1. The Kier molecular flexibility index (Phi) is 4.19. The van der Waals surface area contributed by atoms with Gasteiger partial charge in [-0.3, -0.25) is 0 Å². The van der Waals surface area contributed by atoms with E-state index >= 15 is 0 Å². The first-order chi connectivity index (χ1) is 8.63. The molecule has 4 heteroatoms. The standard InChI is InChI=1S/C14H19FO3/c1-3-7-17-14-10(16)8-12(14)18-11-6-4-5-9(2)13(11)15/h4-6,10,12,14,16H,3,7-8H2,1-2H3. The average Bonchev–Trinajstić information content (AvgIpc) is 2.34. The molecule has 1 aliphatic carbocycles. The van der Waals surface area contributed by atoms with Crippen LogP contribution < -0.4 is 4.74 Å². The van der Waals surface area contributed by atoms with Gasteiger partial charge in [-0.25, -0.2) is 4.39 Å². The second-order valence-electron chi connectivity index (χ2n) is 4.68. The van der Waals surface area contributed by atoms with Gasteiger partial charge in [0.1, 0.15) is 12.2 Å². The molecule has 3 nitrogen and oxygen atoms in total. The van der Waals surface area contributed by atoms with Crippen LogP contribution in [0.4, 0.5) is 4.39 Å². The van der Waals surface area contributed by atoms with Crippen LogP contribution in [0, 0.1) is 12.7 Å². The predicted molar refractivity (Wildman–Crippen MR) is 66.2 cm³/mol. The highest BCUT2D eigenvalue weighted by atomic mass is 19.1. The number of aryl methyl sites for hydroxylation is 1. The Bertz CT molecular complexity index is 408. The molecule has 2 rings (SSSR count). The van der Waals surface area contributed by atoms with Gasteiger partial charge in [0.15, 0.2) is 11.6 Å². The summed E-state index contributed by atoms with van der Waals surface area (Å²) in [5, 5.41) is 9.61. The Morgan fingerprint density at radius 1 is 1.44 bits per heavy atom. The normalized spacial score (nSPS) is 26.8. The molecule has 1 aromatic rings. The third-order valence-electron chi connectivity index (χ3n) is 3.17. The zero-order valence-electron chi connectivity index (χ0n) is 10.7. The SMILES string of the molecule is CCCOC1C(O)CC1Oc1cccc(C)c1F. The molecule has 1 fully saturated rings. The van der Waals surface area contributed by atoms with Gasteiger partial charge in [-0.1, -0.05) is 19.1 Å². The molecule has 1 saturated carbocycles. The van der Waals surface area contributed by atoms with Crippen LogP contribution in [-0.4, -0.2) is 30.0 Å². The summed E-state index contributed by atoms with van der Waals surface area (Å²) < 4.78 is 24.8. The largest absolute Gasteiger partial charge is 0.484 e. The molecule has 0 aromatic heterocycles. The third kappa shape index (κ3) is 2.65. The van der Waals surface area contributed by atoms with Crippen LogP contribution in [0.2, 0.25) is 0 Å². The third-order valence-corrected chi connectivity index (χ3v) is 3.17. The van der Waals surface area contributed by atoms with Gasteiger partial charge in [-0.15, -0.1) is 0 Å². The summed E-state index contributed by atoms with van der Waals surface area (Å²) in [4.78, 5) is 0. The van der Waals surface area contributed by atoms with Crippen LogP contribution in [0.3, 0.4) is 0 Å². The molecule has 3 unspecified atom stereocenters. The maximum Gasteiger partial charge on any atom is 0.167 e. The van der Waals surface area contributed by atoms with Gasteiger partial charge in [-0.05, 0) is 25.0 Å². The van der Waals surface area contributed by atoms with E-state index in [1.165, 1.54) is 0 Å². The monoisotopic (exact) mass is 254 g/mol. The molecule has 1 aliphatic rings. The Morgan fingerprint density at radius 2 is 2.22 bits per heavy atom. The Hall–Kier alpha value is -1.13. The Labute approximate surface area is 107 Å². The minimum absolute atomic E-state index is 0.233. The number of ether oxygens (including phenoxy) is 2. The van der Waals surface area contributed by atoms with Gasteiger partial charge in [0, 0.05) is 13.0 Å². The van der Waals surface area contributed by atoms with E-state index in [0.717, 1.165) is 6.42 Å². The molecular weight excluding hydrogens is 235 g/mol. The topological polar surface area (TPSA) is 38.7 Å². The molecule has 0 aliphatic heterocycles. The minimum atomic E-state index is -0.505. The second kappa shape index (κ2) is 5.67. The van der Waals surface area contributed by atoms with E-state index in [4.69, 9.17) is 9.47 Å². The summed E-state index contributed by atoms with van der Waals surface area (Å²) in [5.74, 6) is -0.106. The average molecular weight is 254 g/mol. The Balaban J connectivity index is 1.99. The fraction of sp³-hybridized carbons (Fsp3) is 0.571. The van der Waals surface area contributed by atoms with E-state index < -0.39 is 6.10 Å². The molecule has 0 radical (unpaired) electrons. The first-order valence-corrected chi connectivity index (χ1v) is 6.35. The molecule has 1 aromatic carbocycles. The molecule has 0 bridgehead atoms. The van der Waals surface area contributed by atoms with E-state index in [1.54, 1.807) is 25.1 Å². The van der Waals surface area contributed by atoms with Crippen LogP contribution >= 0.6 is 0 Å². The van der Waals surface area contributed by atoms with Gasteiger partial charge in [0.25, 0.3) is 0 Å². The minimum Gasteiger partial charge on any atom is -0.484 e. The lowest BCUT2D eigenvalue weighted by atomic mass is 9.88. The van der Waals surface area contributed by atoms with E-state index in [1.807, 2.05) is 6.92 Å².